The van der Waals surface area contributed by atoms with Crippen LogP contribution in [-0.4, -0.2) is 35.4 Å². The molecular weight excluding hydrogens is 257 g/mol. The van der Waals surface area contributed by atoms with Crippen LogP contribution in [0.2, 0.25) is 0 Å². The molecule has 1 aliphatic carbocycles. The van der Waals surface area contributed by atoms with Crippen LogP contribution in [0.1, 0.15) is 49.4 Å². The molecule has 0 bridgehead atoms. The van der Waals surface area contributed by atoms with Gasteiger partial charge >= 0.3 is 0 Å². The van der Waals surface area contributed by atoms with Gasteiger partial charge in [0.25, 0.3) is 5.91 Å². The first-order chi connectivity index (χ1) is 9.69. The van der Waals surface area contributed by atoms with Gasteiger partial charge in [-0.3, -0.25) is 4.79 Å². The molecule has 2 rings (SSSR count). The molecule has 1 saturated carbocycles. The van der Waals surface area contributed by atoms with E-state index in [0.717, 1.165) is 25.7 Å². The maximum Gasteiger partial charge on any atom is 0.257 e. The average molecular weight is 279 g/mol. The summed E-state index contributed by atoms with van der Waals surface area (Å²) in [6.45, 7) is 2.56. The zero-order valence-electron chi connectivity index (χ0n) is 12.2. The summed E-state index contributed by atoms with van der Waals surface area (Å²) in [6.07, 6.45) is 7.03. The van der Waals surface area contributed by atoms with Gasteiger partial charge in [0.15, 0.2) is 11.6 Å². The van der Waals surface area contributed by atoms with Crippen LogP contribution in [0.3, 0.4) is 0 Å². The van der Waals surface area contributed by atoms with Crippen LogP contribution >= 0.6 is 0 Å². The Bertz CT molecular complexity index is 472. The summed E-state index contributed by atoms with van der Waals surface area (Å²) < 4.78 is 14.2. The van der Waals surface area contributed by atoms with Crippen molar-refractivity contribution in [2.75, 3.05) is 18.9 Å². The first-order valence-corrected chi connectivity index (χ1v) is 7.32. The van der Waals surface area contributed by atoms with Crippen LogP contribution in [-0.2, 0) is 0 Å². The molecule has 0 atom stereocenters. The van der Waals surface area contributed by atoms with Gasteiger partial charge in [0.2, 0.25) is 0 Å². The van der Waals surface area contributed by atoms with Crippen molar-refractivity contribution in [2.45, 2.75) is 45.1 Å². The standard InChI is InChI=1S/C15H22FN3O/c1-3-19(11-7-5-4-6-8-11)15(20)12-9-10-18-14(17-2)13(12)16/h9-11H,3-8H2,1-2H3,(H,17,18). The van der Waals surface area contributed by atoms with Gasteiger partial charge < -0.3 is 10.2 Å². The second kappa shape index (κ2) is 6.68. The van der Waals surface area contributed by atoms with E-state index in [0.29, 0.717) is 6.54 Å². The van der Waals surface area contributed by atoms with E-state index in [4.69, 9.17) is 0 Å². The lowest BCUT2D eigenvalue weighted by Gasteiger charge is -2.33. The smallest absolute Gasteiger partial charge is 0.257 e. The quantitative estimate of drug-likeness (QED) is 0.921. The summed E-state index contributed by atoms with van der Waals surface area (Å²) in [5.41, 5.74) is 0.108. The summed E-state index contributed by atoms with van der Waals surface area (Å²) in [7, 11) is 1.60. The van der Waals surface area contributed by atoms with Gasteiger partial charge in [-0.25, -0.2) is 9.37 Å². The van der Waals surface area contributed by atoms with Crippen molar-refractivity contribution < 1.29 is 9.18 Å². The normalized spacial score (nSPS) is 15.9. The molecule has 110 valence electrons. The number of anilines is 1. The van der Waals surface area contributed by atoms with E-state index in [9.17, 15) is 9.18 Å². The number of nitrogens with one attached hydrogen (secondary N) is 1. The Kier molecular flexibility index (Phi) is 4.93. The molecule has 0 unspecified atom stereocenters. The Morgan fingerprint density at radius 3 is 2.75 bits per heavy atom. The fourth-order valence-corrected chi connectivity index (χ4v) is 2.90. The fourth-order valence-electron chi connectivity index (χ4n) is 2.90. The lowest BCUT2D eigenvalue weighted by molar-refractivity contribution is 0.0643. The van der Waals surface area contributed by atoms with Gasteiger partial charge in [0.05, 0.1) is 5.56 Å². The molecule has 1 heterocycles. The first-order valence-electron chi connectivity index (χ1n) is 7.32. The highest BCUT2D eigenvalue weighted by Crippen LogP contribution is 2.25. The average Bonchev–Trinajstić information content (AvgIpc) is 2.49. The molecule has 20 heavy (non-hydrogen) atoms. The van der Waals surface area contributed by atoms with E-state index >= 15 is 0 Å². The number of hydrogen-bond acceptors (Lipinski definition) is 3. The number of nitrogens with zero attached hydrogens (tertiary/aromatic N) is 2. The number of carbonyl (C=O) groups excluding carboxylic acids is 1. The third kappa shape index (κ3) is 2.92. The van der Waals surface area contributed by atoms with Crippen molar-refractivity contribution in [1.29, 1.82) is 0 Å². The Hall–Kier alpha value is -1.65. The summed E-state index contributed by atoms with van der Waals surface area (Å²) in [6, 6.07) is 1.70. The van der Waals surface area contributed by atoms with Crippen LogP contribution in [0.15, 0.2) is 12.3 Å². The highest BCUT2D eigenvalue weighted by Gasteiger charge is 2.27. The maximum atomic E-state index is 14.2. The highest BCUT2D eigenvalue weighted by molar-refractivity contribution is 5.95. The molecular formula is C15H22FN3O. The van der Waals surface area contributed by atoms with Crippen molar-refractivity contribution >= 4 is 11.7 Å². The van der Waals surface area contributed by atoms with Crippen molar-refractivity contribution in [1.82, 2.24) is 9.88 Å². The van der Waals surface area contributed by atoms with Gasteiger partial charge in [0.1, 0.15) is 0 Å². The van der Waals surface area contributed by atoms with E-state index in [1.54, 1.807) is 11.9 Å². The van der Waals surface area contributed by atoms with Crippen LogP contribution < -0.4 is 5.32 Å². The molecule has 1 aromatic rings. The van der Waals surface area contributed by atoms with Gasteiger partial charge in [-0.2, -0.15) is 0 Å². The number of rotatable bonds is 4. The van der Waals surface area contributed by atoms with Crippen molar-refractivity contribution in [3.63, 3.8) is 0 Å². The highest BCUT2D eigenvalue weighted by atomic mass is 19.1. The number of amides is 1. The first kappa shape index (κ1) is 14.8. The van der Waals surface area contributed by atoms with Crippen molar-refractivity contribution in [3.8, 4) is 0 Å². The minimum Gasteiger partial charge on any atom is -0.371 e. The Morgan fingerprint density at radius 1 is 1.45 bits per heavy atom. The van der Waals surface area contributed by atoms with Crippen LogP contribution in [0, 0.1) is 5.82 Å². The molecule has 5 heteroatoms. The third-order valence-electron chi connectivity index (χ3n) is 3.97. The van der Waals surface area contributed by atoms with Crippen LogP contribution in [0.4, 0.5) is 10.2 Å². The Morgan fingerprint density at radius 2 is 2.15 bits per heavy atom. The molecule has 0 saturated heterocycles. The molecule has 0 radical (unpaired) electrons. The minimum absolute atomic E-state index is 0.108. The second-order valence-corrected chi connectivity index (χ2v) is 5.15. The number of halogens is 1. The third-order valence-corrected chi connectivity index (χ3v) is 3.97. The van der Waals surface area contributed by atoms with Crippen LogP contribution in [0.25, 0.3) is 0 Å². The van der Waals surface area contributed by atoms with E-state index in [1.165, 1.54) is 18.7 Å². The topological polar surface area (TPSA) is 45.2 Å². The fraction of sp³-hybridized carbons (Fsp3) is 0.600. The Labute approximate surface area is 119 Å². The van der Waals surface area contributed by atoms with E-state index < -0.39 is 5.82 Å². The second-order valence-electron chi connectivity index (χ2n) is 5.15. The zero-order valence-corrected chi connectivity index (χ0v) is 12.2. The lowest BCUT2D eigenvalue weighted by Crippen LogP contribution is -2.41. The van der Waals surface area contributed by atoms with E-state index in [2.05, 4.69) is 10.3 Å². The molecule has 1 N–H and O–H groups in total. The van der Waals surface area contributed by atoms with Gasteiger partial charge in [0, 0.05) is 25.8 Å². The van der Waals surface area contributed by atoms with Gasteiger partial charge in [-0.15, -0.1) is 0 Å². The summed E-state index contributed by atoms with van der Waals surface area (Å²) >= 11 is 0. The predicted molar refractivity (Wildman–Crippen MR) is 77.3 cm³/mol. The molecule has 1 fully saturated rings. The van der Waals surface area contributed by atoms with Crippen molar-refractivity contribution in [3.05, 3.63) is 23.6 Å². The predicted octanol–water partition coefficient (Wildman–Crippen LogP) is 3.06. The molecule has 1 aromatic heterocycles. The van der Waals surface area contributed by atoms with E-state index in [1.807, 2.05) is 6.92 Å². The molecule has 4 nitrogen and oxygen atoms in total. The lowest BCUT2D eigenvalue weighted by atomic mass is 9.93. The van der Waals surface area contributed by atoms with E-state index in [-0.39, 0.29) is 23.3 Å². The Balaban J connectivity index is 2.24. The maximum absolute atomic E-state index is 14.2. The number of aromatic nitrogens is 1. The summed E-state index contributed by atoms with van der Waals surface area (Å²) in [5, 5.41) is 2.67. The number of hydrogen-bond donors (Lipinski definition) is 1. The van der Waals surface area contributed by atoms with Crippen molar-refractivity contribution in [2.24, 2.45) is 0 Å². The number of carbonyl (C=O) groups is 1. The number of pyridine rings is 1. The molecule has 1 amide bonds. The summed E-state index contributed by atoms with van der Waals surface area (Å²) in [5.74, 6) is -0.666. The minimum atomic E-state index is -0.561. The van der Waals surface area contributed by atoms with Gasteiger partial charge in [-0.05, 0) is 25.8 Å². The molecule has 0 aromatic carbocycles. The molecule has 0 aliphatic heterocycles. The zero-order chi connectivity index (χ0) is 14.5. The molecule has 0 spiro atoms. The largest absolute Gasteiger partial charge is 0.371 e. The monoisotopic (exact) mass is 279 g/mol. The molecule has 1 aliphatic rings. The van der Waals surface area contributed by atoms with Gasteiger partial charge in [-0.1, -0.05) is 19.3 Å². The van der Waals surface area contributed by atoms with Crippen LogP contribution in [0.5, 0.6) is 0 Å². The summed E-state index contributed by atoms with van der Waals surface area (Å²) in [4.78, 5) is 18.3. The SMILES string of the molecule is CCN(C(=O)c1ccnc(NC)c1F)C1CCCCC1.